The first-order valence-electron chi connectivity index (χ1n) is 11.8. The zero-order valence-corrected chi connectivity index (χ0v) is 20.0. The zero-order valence-electron chi connectivity index (χ0n) is 20.0. The average molecular weight is 507 g/mol. The maximum atomic E-state index is 12.9. The van der Waals surface area contributed by atoms with Gasteiger partial charge in [0, 0.05) is 50.0 Å². The molecule has 1 aliphatic rings. The molecule has 194 valence electrons. The van der Waals surface area contributed by atoms with E-state index in [0.717, 1.165) is 5.56 Å². The van der Waals surface area contributed by atoms with E-state index in [1.54, 1.807) is 49.7 Å². The summed E-state index contributed by atoms with van der Waals surface area (Å²) in [6, 6.07) is 8.52. The first-order valence-corrected chi connectivity index (χ1v) is 11.8. The monoisotopic (exact) mass is 506 g/mol. The predicted molar refractivity (Wildman–Crippen MR) is 129 cm³/mol. The Bertz CT molecular complexity index is 1260. The van der Waals surface area contributed by atoms with Gasteiger partial charge in [0.15, 0.2) is 6.61 Å². The van der Waals surface area contributed by atoms with Crippen molar-refractivity contribution in [2.45, 2.75) is 32.6 Å². The largest absolute Gasteiger partial charge is 0.482 e. The van der Waals surface area contributed by atoms with Gasteiger partial charge in [-0.15, -0.1) is 0 Å². The SMILES string of the molecule is Cc1cn(Cc2ccoc2)c(=O)n(CCCN2CCN(c3ccccc3OCC(F)(F)F)CC2)c1=O. The van der Waals surface area contributed by atoms with Crippen molar-refractivity contribution < 1.29 is 22.3 Å². The molecular weight excluding hydrogens is 477 g/mol. The van der Waals surface area contributed by atoms with E-state index in [2.05, 4.69) is 4.90 Å². The van der Waals surface area contributed by atoms with Gasteiger partial charge in [-0.05, 0) is 38.1 Å². The van der Waals surface area contributed by atoms with Gasteiger partial charge < -0.3 is 14.1 Å². The molecule has 3 heterocycles. The van der Waals surface area contributed by atoms with Gasteiger partial charge in [0.25, 0.3) is 5.56 Å². The Kier molecular flexibility index (Phi) is 7.88. The Hall–Kier alpha value is -3.47. The Balaban J connectivity index is 1.32. The zero-order chi connectivity index (χ0) is 25.7. The highest BCUT2D eigenvalue weighted by Crippen LogP contribution is 2.30. The van der Waals surface area contributed by atoms with Gasteiger partial charge in [-0.25, -0.2) is 4.79 Å². The number of halogens is 3. The van der Waals surface area contributed by atoms with E-state index >= 15 is 0 Å². The van der Waals surface area contributed by atoms with Crippen LogP contribution in [0.5, 0.6) is 5.75 Å². The smallest absolute Gasteiger partial charge is 0.422 e. The van der Waals surface area contributed by atoms with Crippen LogP contribution in [0.15, 0.2) is 63.1 Å². The third kappa shape index (κ3) is 6.39. The molecular formula is C25H29F3N4O4. The van der Waals surface area contributed by atoms with Crippen molar-refractivity contribution in [2.75, 3.05) is 44.2 Å². The number of hydrogen-bond acceptors (Lipinski definition) is 6. The fraction of sp³-hybridized carbons (Fsp3) is 0.440. The highest BCUT2D eigenvalue weighted by atomic mass is 19.4. The van der Waals surface area contributed by atoms with Gasteiger partial charge in [0.1, 0.15) is 5.75 Å². The lowest BCUT2D eigenvalue weighted by atomic mass is 10.2. The van der Waals surface area contributed by atoms with Crippen molar-refractivity contribution in [3.05, 3.63) is 81.0 Å². The molecule has 8 nitrogen and oxygen atoms in total. The van der Waals surface area contributed by atoms with Gasteiger partial charge in [0.05, 0.1) is 24.8 Å². The summed E-state index contributed by atoms with van der Waals surface area (Å²) in [5.41, 5.74) is 1.34. The third-order valence-electron chi connectivity index (χ3n) is 6.17. The number of nitrogens with zero attached hydrogens (tertiary/aromatic N) is 4. The van der Waals surface area contributed by atoms with Crippen LogP contribution in [0.2, 0.25) is 0 Å². The van der Waals surface area contributed by atoms with Crippen LogP contribution in [0.25, 0.3) is 0 Å². The number of alkyl halides is 3. The van der Waals surface area contributed by atoms with Crippen LogP contribution in [0.1, 0.15) is 17.5 Å². The number of ether oxygens (including phenoxy) is 1. The molecule has 36 heavy (non-hydrogen) atoms. The quantitative estimate of drug-likeness (QED) is 0.444. The minimum atomic E-state index is -4.40. The van der Waals surface area contributed by atoms with Crippen LogP contribution in [-0.2, 0) is 13.1 Å². The van der Waals surface area contributed by atoms with Crippen LogP contribution in [-0.4, -0.2) is 59.5 Å². The molecule has 1 aliphatic heterocycles. The first kappa shape index (κ1) is 25.6. The standard InChI is InChI=1S/C25H29F3N4O4/c1-19-15-31(16-20-7-14-35-17-20)24(34)32(23(19)33)9-4-8-29-10-12-30(13-11-29)21-5-2-3-6-22(21)36-18-25(26,27)28/h2-3,5-7,14-15,17H,4,8-13,16,18H2,1H3. The van der Waals surface area contributed by atoms with Crippen molar-refractivity contribution in [1.82, 2.24) is 14.0 Å². The molecule has 0 radical (unpaired) electrons. The first-order chi connectivity index (χ1) is 17.2. The predicted octanol–water partition coefficient (Wildman–Crippen LogP) is 3.11. The highest BCUT2D eigenvalue weighted by Gasteiger charge is 2.29. The van der Waals surface area contributed by atoms with Crippen molar-refractivity contribution in [2.24, 2.45) is 0 Å². The topological polar surface area (TPSA) is 72.8 Å². The minimum Gasteiger partial charge on any atom is -0.482 e. The van der Waals surface area contributed by atoms with E-state index in [-0.39, 0.29) is 17.0 Å². The summed E-state index contributed by atoms with van der Waals surface area (Å²) in [5, 5.41) is 0. The average Bonchev–Trinajstić information content (AvgIpc) is 3.37. The number of furan rings is 1. The van der Waals surface area contributed by atoms with Crippen LogP contribution in [0.4, 0.5) is 18.9 Å². The molecule has 0 bridgehead atoms. The van der Waals surface area contributed by atoms with E-state index in [9.17, 15) is 22.8 Å². The van der Waals surface area contributed by atoms with E-state index in [1.807, 2.05) is 4.90 Å². The fourth-order valence-corrected chi connectivity index (χ4v) is 4.35. The molecule has 0 unspecified atom stereocenters. The molecule has 0 saturated carbocycles. The second-order valence-electron chi connectivity index (χ2n) is 8.86. The Labute approximate surface area is 206 Å². The summed E-state index contributed by atoms with van der Waals surface area (Å²) in [4.78, 5) is 29.7. The molecule has 1 saturated heterocycles. The number of anilines is 1. The van der Waals surface area contributed by atoms with Gasteiger partial charge in [-0.3, -0.25) is 18.8 Å². The van der Waals surface area contributed by atoms with E-state index in [0.29, 0.717) is 63.5 Å². The second kappa shape index (κ2) is 11.1. The molecule has 2 aromatic heterocycles. The lowest BCUT2D eigenvalue weighted by Gasteiger charge is -2.36. The molecule has 4 rings (SSSR count). The minimum absolute atomic E-state index is 0.216. The summed E-state index contributed by atoms with van der Waals surface area (Å²) < 4.78 is 50.7. The summed E-state index contributed by atoms with van der Waals surface area (Å²) >= 11 is 0. The van der Waals surface area contributed by atoms with Gasteiger partial charge in [-0.2, -0.15) is 13.2 Å². The van der Waals surface area contributed by atoms with Crippen LogP contribution < -0.4 is 20.9 Å². The highest BCUT2D eigenvalue weighted by molar-refractivity contribution is 5.58. The third-order valence-corrected chi connectivity index (χ3v) is 6.17. The summed E-state index contributed by atoms with van der Waals surface area (Å²) in [5.74, 6) is 0.216. The molecule has 0 N–H and O–H groups in total. The molecule has 1 aromatic carbocycles. The fourth-order valence-electron chi connectivity index (χ4n) is 4.35. The lowest BCUT2D eigenvalue weighted by Crippen LogP contribution is -2.47. The van der Waals surface area contributed by atoms with Crippen molar-refractivity contribution >= 4 is 5.69 Å². The Morgan fingerprint density at radius 2 is 1.78 bits per heavy atom. The Morgan fingerprint density at radius 1 is 1.03 bits per heavy atom. The number of para-hydroxylation sites is 2. The van der Waals surface area contributed by atoms with Crippen molar-refractivity contribution in [3.8, 4) is 5.75 Å². The Morgan fingerprint density at radius 3 is 2.47 bits per heavy atom. The van der Waals surface area contributed by atoms with E-state index in [4.69, 9.17) is 9.15 Å². The summed E-state index contributed by atoms with van der Waals surface area (Å²) in [6.45, 7) is 4.38. The second-order valence-corrected chi connectivity index (χ2v) is 8.86. The van der Waals surface area contributed by atoms with Crippen LogP contribution >= 0.6 is 0 Å². The van der Waals surface area contributed by atoms with Gasteiger partial charge in [0.2, 0.25) is 0 Å². The summed E-state index contributed by atoms with van der Waals surface area (Å²) in [6.07, 6.45) is 0.904. The van der Waals surface area contributed by atoms with Crippen molar-refractivity contribution in [1.29, 1.82) is 0 Å². The number of aromatic nitrogens is 2. The van der Waals surface area contributed by atoms with Gasteiger partial charge >= 0.3 is 11.9 Å². The number of benzene rings is 1. The van der Waals surface area contributed by atoms with Crippen molar-refractivity contribution in [3.63, 3.8) is 0 Å². The van der Waals surface area contributed by atoms with Gasteiger partial charge in [-0.1, -0.05) is 12.1 Å². The number of aryl methyl sites for hydroxylation is 1. The summed E-state index contributed by atoms with van der Waals surface area (Å²) in [7, 11) is 0. The van der Waals surface area contributed by atoms with Crippen LogP contribution in [0, 0.1) is 6.92 Å². The van der Waals surface area contributed by atoms with Crippen LogP contribution in [0.3, 0.4) is 0 Å². The number of rotatable bonds is 9. The molecule has 1 fully saturated rings. The van der Waals surface area contributed by atoms with E-state index < -0.39 is 12.8 Å². The number of hydrogen-bond donors (Lipinski definition) is 0. The van der Waals surface area contributed by atoms with E-state index in [1.165, 1.54) is 15.4 Å². The maximum absolute atomic E-state index is 12.9. The maximum Gasteiger partial charge on any atom is 0.422 e. The molecule has 11 heteroatoms. The molecule has 0 aliphatic carbocycles. The number of piperazine rings is 1. The lowest BCUT2D eigenvalue weighted by molar-refractivity contribution is -0.153. The molecule has 0 spiro atoms. The molecule has 0 amide bonds. The molecule has 0 atom stereocenters. The normalized spacial score (nSPS) is 14.8. The molecule has 3 aromatic rings.